The molecule has 2 aromatic heterocycles. The van der Waals surface area contributed by atoms with Crippen molar-refractivity contribution < 1.29 is 4.74 Å². The molecule has 0 saturated heterocycles. The normalized spacial score (nSPS) is 11.0. The van der Waals surface area contributed by atoms with E-state index in [0.29, 0.717) is 29.5 Å². The minimum atomic E-state index is 0.427. The van der Waals surface area contributed by atoms with Crippen molar-refractivity contribution in [2.24, 2.45) is 0 Å². The number of benzene rings is 1. The molecule has 0 amide bonds. The second-order valence-corrected chi connectivity index (χ2v) is 4.92. The first kappa shape index (κ1) is 13.4. The minimum absolute atomic E-state index is 0.427. The van der Waals surface area contributed by atoms with Gasteiger partial charge in [-0.2, -0.15) is 4.98 Å². The summed E-state index contributed by atoms with van der Waals surface area (Å²) in [5, 5.41) is 0. The second kappa shape index (κ2) is 5.40. The van der Waals surface area contributed by atoms with E-state index in [0.717, 1.165) is 6.42 Å². The van der Waals surface area contributed by atoms with Crippen molar-refractivity contribution >= 4 is 17.1 Å². The highest BCUT2D eigenvalue weighted by Crippen LogP contribution is 2.23. The van der Waals surface area contributed by atoms with Gasteiger partial charge in [0.25, 0.3) is 0 Å². The Labute approximate surface area is 122 Å². The number of fused-ring (bicyclic) bond motifs is 1. The fourth-order valence-electron chi connectivity index (χ4n) is 2.41. The van der Waals surface area contributed by atoms with Gasteiger partial charge in [0.2, 0.25) is 11.8 Å². The Hall–Kier alpha value is -2.63. The number of anilines is 1. The number of nitrogen functional groups attached to an aromatic ring is 1. The van der Waals surface area contributed by atoms with E-state index >= 15 is 0 Å². The van der Waals surface area contributed by atoms with Crippen LogP contribution in [0.2, 0.25) is 0 Å². The second-order valence-electron chi connectivity index (χ2n) is 4.92. The summed E-state index contributed by atoms with van der Waals surface area (Å²) >= 11 is 0. The molecule has 3 rings (SSSR count). The molecule has 0 aliphatic heterocycles. The van der Waals surface area contributed by atoms with Crippen LogP contribution in [0.3, 0.4) is 0 Å². The van der Waals surface area contributed by atoms with E-state index in [1.165, 1.54) is 17.5 Å². The number of nitrogens with zero attached hydrogens (tertiary/aromatic N) is 4. The highest BCUT2D eigenvalue weighted by Gasteiger charge is 2.14. The Bertz CT molecular complexity index is 781. The predicted octanol–water partition coefficient (Wildman–Crippen LogP) is 1.97. The van der Waals surface area contributed by atoms with E-state index in [2.05, 4.69) is 46.1 Å². The largest absolute Gasteiger partial charge is 0.479 e. The van der Waals surface area contributed by atoms with Gasteiger partial charge in [0.1, 0.15) is 6.33 Å². The average molecular weight is 283 g/mol. The van der Waals surface area contributed by atoms with Crippen LogP contribution in [-0.2, 0) is 13.0 Å². The summed E-state index contributed by atoms with van der Waals surface area (Å²) in [7, 11) is 1.56. The summed E-state index contributed by atoms with van der Waals surface area (Å²) in [5.74, 6) is 0.873. The molecule has 6 heteroatoms. The Morgan fingerprint density at radius 2 is 2.14 bits per heavy atom. The SMILES string of the molecule is COc1ncnc2c1nc(N)n2CCc1cccc(C)c1. The lowest BCUT2D eigenvalue weighted by Gasteiger charge is -2.06. The van der Waals surface area contributed by atoms with Crippen LogP contribution in [0.5, 0.6) is 5.88 Å². The number of hydrogen-bond donors (Lipinski definition) is 1. The first-order chi connectivity index (χ1) is 10.2. The van der Waals surface area contributed by atoms with Gasteiger partial charge in [0.15, 0.2) is 11.2 Å². The Kier molecular flexibility index (Phi) is 3.43. The van der Waals surface area contributed by atoms with Crippen molar-refractivity contribution in [2.75, 3.05) is 12.8 Å². The molecule has 0 radical (unpaired) electrons. The van der Waals surface area contributed by atoms with Gasteiger partial charge >= 0.3 is 0 Å². The van der Waals surface area contributed by atoms with Gasteiger partial charge in [-0.05, 0) is 18.9 Å². The van der Waals surface area contributed by atoms with Gasteiger partial charge in [-0.25, -0.2) is 9.97 Å². The van der Waals surface area contributed by atoms with E-state index < -0.39 is 0 Å². The lowest BCUT2D eigenvalue weighted by atomic mass is 10.1. The summed E-state index contributed by atoms with van der Waals surface area (Å²) in [6.45, 7) is 2.80. The van der Waals surface area contributed by atoms with Crippen molar-refractivity contribution in [1.29, 1.82) is 0 Å². The fraction of sp³-hybridized carbons (Fsp3) is 0.267. The summed E-state index contributed by atoms with van der Waals surface area (Å²) in [5.41, 5.74) is 9.81. The van der Waals surface area contributed by atoms with Crippen LogP contribution in [-0.4, -0.2) is 26.6 Å². The maximum atomic E-state index is 6.00. The molecule has 6 nitrogen and oxygen atoms in total. The number of nitrogens with two attached hydrogens (primary N) is 1. The summed E-state index contributed by atoms with van der Waals surface area (Å²) < 4.78 is 7.08. The monoisotopic (exact) mass is 283 g/mol. The molecule has 0 spiro atoms. The number of methoxy groups -OCH3 is 1. The van der Waals surface area contributed by atoms with E-state index in [1.54, 1.807) is 7.11 Å². The molecule has 0 saturated carbocycles. The number of aromatic nitrogens is 4. The van der Waals surface area contributed by atoms with Crippen LogP contribution in [0, 0.1) is 6.92 Å². The molecule has 0 atom stereocenters. The van der Waals surface area contributed by atoms with Gasteiger partial charge < -0.3 is 10.5 Å². The molecule has 0 aliphatic rings. The van der Waals surface area contributed by atoms with Crippen molar-refractivity contribution in [3.05, 3.63) is 41.7 Å². The molecule has 21 heavy (non-hydrogen) atoms. The molecule has 0 unspecified atom stereocenters. The third-order valence-electron chi connectivity index (χ3n) is 3.43. The third kappa shape index (κ3) is 2.52. The maximum absolute atomic E-state index is 6.00. The van der Waals surface area contributed by atoms with Crippen molar-refractivity contribution in [2.45, 2.75) is 19.9 Å². The van der Waals surface area contributed by atoms with Gasteiger partial charge in [-0.3, -0.25) is 4.57 Å². The lowest BCUT2D eigenvalue weighted by molar-refractivity contribution is 0.401. The highest BCUT2D eigenvalue weighted by atomic mass is 16.5. The fourth-order valence-corrected chi connectivity index (χ4v) is 2.41. The molecule has 0 aliphatic carbocycles. The van der Waals surface area contributed by atoms with Crippen LogP contribution in [0.25, 0.3) is 11.2 Å². The number of imidazole rings is 1. The zero-order chi connectivity index (χ0) is 14.8. The molecule has 0 bridgehead atoms. The van der Waals surface area contributed by atoms with Crippen LogP contribution in [0.15, 0.2) is 30.6 Å². The highest BCUT2D eigenvalue weighted by molar-refractivity contribution is 5.78. The zero-order valence-electron chi connectivity index (χ0n) is 12.1. The van der Waals surface area contributed by atoms with Gasteiger partial charge in [-0.15, -0.1) is 0 Å². The predicted molar refractivity (Wildman–Crippen MR) is 81.2 cm³/mol. The zero-order valence-corrected chi connectivity index (χ0v) is 12.1. The number of aryl methyl sites for hydroxylation is 3. The van der Waals surface area contributed by atoms with Crippen LogP contribution >= 0.6 is 0 Å². The summed E-state index contributed by atoms with van der Waals surface area (Å²) in [4.78, 5) is 12.6. The molecule has 2 N–H and O–H groups in total. The smallest absolute Gasteiger partial charge is 0.245 e. The topological polar surface area (TPSA) is 78.8 Å². The van der Waals surface area contributed by atoms with Gasteiger partial charge in [0.05, 0.1) is 7.11 Å². The molecular formula is C15H17N5O. The van der Waals surface area contributed by atoms with Crippen LogP contribution in [0.4, 0.5) is 5.95 Å². The Balaban J connectivity index is 1.92. The molecule has 1 aromatic carbocycles. The molecule has 3 aromatic rings. The Morgan fingerprint density at radius 3 is 2.90 bits per heavy atom. The van der Waals surface area contributed by atoms with Crippen molar-refractivity contribution in [1.82, 2.24) is 19.5 Å². The third-order valence-corrected chi connectivity index (χ3v) is 3.43. The molecular weight excluding hydrogens is 266 g/mol. The quantitative estimate of drug-likeness (QED) is 0.792. The summed E-state index contributed by atoms with van der Waals surface area (Å²) in [6, 6.07) is 8.43. The van der Waals surface area contributed by atoms with Gasteiger partial charge in [-0.1, -0.05) is 29.8 Å². The van der Waals surface area contributed by atoms with Crippen LogP contribution < -0.4 is 10.5 Å². The van der Waals surface area contributed by atoms with E-state index in [-0.39, 0.29) is 0 Å². The van der Waals surface area contributed by atoms with Gasteiger partial charge in [0, 0.05) is 6.54 Å². The maximum Gasteiger partial charge on any atom is 0.245 e. The average Bonchev–Trinajstić information content (AvgIpc) is 2.80. The lowest BCUT2D eigenvalue weighted by Crippen LogP contribution is -2.06. The molecule has 2 heterocycles. The van der Waals surface area contributed by atoms with Crippen molar-refractivity contribution in [3.8, 4) is 5.88 Å². The number of rotatable bonds is 4. The number of ether oxygens (including phenoxy) is 1. The van der Waals surface area contributed by atoms with Crippen LogP contribution in [0.1, 0.15) is 11.1 Å². The minimum Gasteiger partial charge on any atom is -0.479 e. The molecule has 108 valence electrons. The molecule has 0 fully saturated rings. The van der Waals surface area contributed by atoms with E-state index in [1.807, 2.05) is 4.57 Å². The standard InChI is InChI=1S/C15H17N5O/c1-10-4-3-5-11(8-10)6-7-20-13-12(19-15(20)16)14(21-2)18-9-17-13/h3-5,8-9H,6-7H2,1-2H3,(H2,16,19). The Morgan fingerprint density at radius 1 is 1.29 bits per heavy atom. The van der Waals surface area contributed by atoms with Crippen molar-refractivity contribution in [3.63, 3.8) is 0 Å². The first-order valence-electron chi connectivity index (χ1n) is 6.75. The van der Waals surface area contributed by atoms with E-state index in [9.17, 15) is 0 Å². The first-order valence-corrected chi connectivity index (χ1v) is 6.75. The number of hydrogen-bond acceptors (Lipinski definition) is 5. The van der Waals surface area contributed by atoms with E-state index in [4.69, 9.17) is 10.5 Å². The summed E-state index contributed by atoms with van der Waals surface area (Å²) in [6.07, 6.45) is 2.33.